The Balaban J connectivity index is 3.02. The molecule has 1 atom stereocenters. The monoisotopic (exact) mass is 245 g/mol. The van der Waals surface area contributed by atoms with Gasteiger partial charge in [0, 0.05) is 26.2 Å². The third-order valence-electron chi connectivity index (χ3n) is 2.15. The first kappa shape index (κ1) is 13.6. The van der Waals surface area contributed by atoms with E-state index in [0.717, 1.165) is 6.07 Å². The molecule has 1 unspecified atom stereocenters. The number of nitrogens with zero attached hydrogens (tertiary/aromatic N) is 2. The maximum absolute atomic E-state index is 13.5. The van der Waals surface area contributed by atoms with E-state index in [9.17, 15) is 13.9 Å². The number of hydrogen-bond donors (Lipinski definition) is 2. The van der Waals surface area contributed by atoms with Crippen LogP contribution in [0.5, 0.6) is 0 Å². The first-order valence-corrected chi connectivity index (χ1v) is 5.44. The van der Waals surface area contributed by atoms with Gasteiger partial charge >= 0.3 is 0 Å². The maximum atomic E-state index is 13.5. The van der Waals surface area contributed by atoms with Gasteiger partial charge in [0.2, 0.25) is 0 Å². The van der Waals surface area contributed by atoms with Crippen LogP contribution in [0.15, 0.2) is 6.07 Å². The van der Waals surface area contributed by atoms with Crippen molar-refractivity contribution in [3.63, 3.8) is 0 Å². The summed E-state index contributed by atoms with van der Waals surface area (Å²) in [4.78, 5) is 5.31. The predicted molar refractivity (Wildman–Crippen MR) is 63.3 cm³/mol. The van der Waals surface area contributed by atoms with Crippen molar-refractivity contribution in [2.45, 2.75) is 20.0 Å². The second-order valence-corrected chi connectivity index (χ2v) is 3.88. The molecule has 1 rings (SSSR count). The highest BCUT2D eigenvalue weighted by molar-refractivity contribution is 5.48. The number of likely N-dealkylation sites (N-methyl/N-ethyl adjacent to an activating group) is 1. The van der Waals surface area contributed by atoms with Gasteiger partial charge in [-0.2, -0.15) is 0 Å². The van der Waals surface area contributed by atoms with E-state index < -0.39 is 17.7 Å². The van der Waals surface area contributed by atoms with Crippen LogP contribution >= 0.6 is 0 Å². The Morgan fingerprint density at radius 3 is 2.65 bits per heavy atom. The summed E-state index contributed by atoms with van der Waals surface area (Å²) in [5, 5.41) is 11.9. The highest BCUT2D eigenvalue weighted by Crippen LogP contribution is 2.21. The molecule has 2 N–H and O–H groups in total. The van der Waals surface area contributed by atoms with Gasteiger partial charge in [0.1, 0.15) is 0 Å². The second kappa shape index (κ2) is 5.77. The van der Waals surface area contributed by atoms with Gasteiger partial charge in [0.05, 0.1) is 6.10 Å². The van der Waals surface area contributed by atoms with E-state index in [1.54, 1.807) is 20.9 Å². The zero-order chi connectivity index (χ0) is 13.0. The van der Waals surface area contributed by atoms with Gasteiger partial charge in [0.15, 0.2) is 23.3 Å². The third-order valence-corrected chi connectivity index (χ3v) is 2.15. The first-order valence-electron chi connectivity index (χ1n) is 5.44. The van der Waals surface area contributed by atoms with Gasteiger partial charge in [-0.05, 0) is 13.8 Å². The van der Waals surface area contributed by atoms with E-state index in [1.807, 2.05) is 0 Å². The smallest absolute Gasteiger partial charge is 0.168 e. The van der Waals surface area contributed by atoms with Crippen molar-refractivity contribution >= 4 is 11.6 Å². The molecule has 96 valence electrons. The molecule has 0 amide bonds. The first-order chi connectivity index (χ1) is 7.95. The number of rotatable bonds is 5. The number of aliphatic hydroxyl groups is 1. The fourth-order valence-corrected chi connectivity index (χ4v) is 1.50. The summed E-state index contributed by atoms with van der Waals surface area (Å²) in [6, 6.07) is 0.791. The molecule has 0 radical (unpaired) electrons. The Hall–Kier alpha value is -1.43. The quantitative estimate of drug-likeness (QED) is 0.827. The molecular weight excluding hydrogens is 228 g/mol. The Kier molecular flexibility index (Phi) is 4.62. The zero-order valence-corrected chi connectivity index (χ0v) is 10.2. The minimum atomic E-state index is -0.743. The van der Waals surface area contributed by atoms with E-state index in [2.05, 4.69) is 10.3 Å². The number of aliphatic hydroxyl groups excluding tert-OH is 1. The van der Waals surface area contributed by atoms with Crippen LogP contribution in [0, 0.1) is 11.6 Å². The molecular formula is C11H17F2N3O. The van der Waals surface area contributed by atoms with E-state index in [1.165, 1.54) is 4.90 Å². The van der Waals surface area contributed by atoms with Gasteiger partial charge in [-0.15, -0.1) is 0 Å². The third kappa shape index (κ3) is 3.52. The molecule has 0 saturated heterocycles. The average Bonchev–Trinajstić information content (AvgIpc) is 2.21. The summed E-state index contributed by atoms with van der Waals surface area (Å²) in [5.74, 6) is -1.43. The number of pyridine rings is 1. The summed E-state index contributed by atoms with van der Waals surface area (Å²) in [6.07, 6.45) is -0.617. The zero-order valence-electron chi connectivity index (χ0n) is 10.2. The number of hydrogen-bond acceptors (Lipinski definition) is 4. The Labute approximate surface area is 99.3 Å². The second-order valence-electron chi connectivity index (χ2n) is 3.88. The largest absolute Gasteiger partial charge is 0.392 e. The molecule has 0 aliphatic rings. The lowest BCUT2D eigenvalue weighted by atomic mass is 10.3. The number of aromatic nitrogens is 1. The molecule has 0 aliphatic carbocycles. The maximum Gasteiger partial charge on any atom is 0.168 e. The van der Waals surface area contributed by atoms with Crippen LogP contribution in [0.4, 0.5) is 20.4 Å². The molecule has 4 nitrogen and oxygen atoms in total. The molecule has 0 fully saturated rings. The topological polar surface area (TPSA) is 48.4 Å². The molecule has 0 bridgehead atoms. The van der Waals surface area contributed by atoms with Crippen LogP contribution < -0.4 is 10.2 Å². The van der Waals surface area contributed by atoms with Crippen LogP contribution in [-0.4, -0.2) is 36.3 Å². The summed E-state index contributed by atoms with van der Waals surface area (Å²) < 4.78 is 26.8. The summed E-state index contributed by atoms with van der Waals surface area (Å²) in [7, 11) is 1.59. The molecule has 6 heteroatoms. The Morgan fingerprint density at radius 2 is 2.12 bits per heavy atom. The average molecular weight is 245 g/mol. The fourth-order valence-electron chi connectivity index (χ4n) is 1.50. The molecule has 1 aromatic rings. The summed E-state index contributed by atoms with van der Waals surface area (Å²) in [6.45, 7) is 4.10. The molecule has 0 aliphatic heterocycles. The van der Waals surface area contributed by atoms with Crippen molar-refractivity contribution < 1.29 is 13.9 Å². The lowest BCUT2D eigenvalue weighted by Gasteiger charge is -2.21. The molecule has 1 heterocycles. The van der Waals surface area contributed by atoms with Crippen molar-refractivity contribution in [3.8, 4) is 0 Å². The molecule has 1 aromatic heterocycles. The van der Waals surface area contributed by atoms with E-state index in [4.69, 9.17) is 0 Å². The number of nitrogens with one attached hydrogen (secondary N) is 1. The van der Waals surface area contributed by atoms with Crippen LogP contribution in [0.1, 0.15) is 13.8 Å². The van der Waals surface area contributed by atoms with Crippen molar-refractivity contribution in [1.29, 1.82) is 0 Å². The number of halogens is 2. The van der Waals surface area contributed by atoms with Gasteiger partial charge in [-0.3, -0.25) is 0 Å². The van der Waals surface area contributed by atoms with E-state index in [-0.39, 0.29) is 18.2 Å². The lowest BCUT2D eigenvalue weighted by Crippen LogP contribution is -2.28. The highest BCUT2D eigenvalue weighted by atomic mass is 19.1. The standard InChI is InChI=1S/C11H17F2N3O/c1-4-14-10-8(12)5-9(13)11(15-10)16(3)6-7(2)17/h5,7,17H,4,6H2,1-3H3,(H,14,15). The highest BCUT2D eigenvalue weighted by Gasteiger charge is 2.15. The van der Waals surface area contributed by atoms with E-state index in [0.29, 0.717) is 6.54 Å². The van der Waals surface area contributed by atoms with Crippen molar-refractivity contribution in [2.24, 2.45) is 0 Å². The minimum Gasteiger partial charge on any atom is -0.392 e. The van der Waals surface area contributed by atoms with E-state index >= 15 is 0 Å². The fraction of sp³-hybridized carbons (Fsp3) is 0.545. The molecule has 0 aromatic carbocycles. The predicted octanol–water partition coefficient (Wildman–Crippen LogP) is 1.61. The van der Waals surface area contributed by atoms with Crippen molar-refractivity contribution in [1.82, 2.24) is 4.98 Å². The van der Waals surface area contributed by atoms with Crippen molar-refractivity contribution in [2.75, 3.05) is 30.4 Å². The SMILES string of the molecule is CCNc1nc(N(C)CC(C)O)c(F)cc1F. The Morgan fingerprint density at radius 1 is 1.47 bits per heavy atom. The summed E-state index contributed by atoms with van der Waals surface area (Å²) in [5.41, 5.74) is 0. The van der Waals surface area contributed by atoms with Gasteiger partial charge in [-0.25, -0.2) is 13.8 Å². The van der Waals surface area contributed by atoms with Gasteiger partial charge in [-0.1, -0.05) is 0 Å². The molecule has 17 heavy (non-hydrogen) atoms. The van der Waals surface area contributed by atoms with Crippen LogP contribution in [-0.2, 0) is 0 Å². The minimum absolute atomic E-state index is 0.0151. The lowest BCUT2D eigenvalue weighted by molar-refractivity contribution is 0.201. The van der Waals surface area contributed by atoms with Crippen LogP contribution in [0.25, 0.3) is 0 Å². The van der Waals surface area contributed by atoms with Gasteiger partial charge < -0.3 is 15.3 Å². The van der Waals surface area contributed by atoms with Crippen LogP contribution in [0.3, 0.4) is 0 Å². The van der Waals surface area contributed by atoms with Crippen molar-refractivity contribution in [3.05, 3.63) is 17.7 Å². The Bertz CT molecular complexity index is 385. The molecule has 0 saturated carbocycles. The summed E-state index contributed by atoms with van der Waals surface area (Å²) >= 11 is 0. The van der Waals surface area contributed by atoms with Gasteiger partial charge in [0.25, 0.3) is 0 Å². The normalized spacial score (nSPS) is 12.4. The number of anilines is 2. The molecule has 0 spiro atoms. The van der Waals surface area contributed by atoms with Crippen LogP contribution in [0.2, 0.25) is 0 Å².